The quantitative estimate of drug-likeness (QED) is 0.517. The number of methoxy groups -OCH3 is 1. The molecule has 4 rings (SSSR count). The van der Waals surface area contributed by atoms with E-state index in [4.69, 9.17) is 16.3 Å². The molecule has 1 N–H and O–H groups in total. The van der Waals surface area contributed by atoms with Crippen LogP contribution in [0.3, 0.4) is 0 Å². The second kappa shape index (κ2) is 8.42. The molecule has 1 amide bonds. The van der Waals surface area contributed by atoms with Gasteiger partial charge in [-0.15, -0.1) is 0 Å². The molecule has 0 aliphatic heterocycles. The molecule has 0 atom stereocenters. The number of fused-ring (bicyclic) bond motifs is 1. The second-order valence-electron chi connectivity index (χ2n) is 6.65. The van der Waals surface area contributed by atoms with E-state index in [1.807, 2.05) is 12.1 Å². The van der Waals surface area contributed by atoms with Crippen LogP contribution in [-0.4, -0.2) is 27.1 Å². The molecule has 7 nitrogen and oxygen atoms in total. The topological polar surface area (TPSA) is 78.1 Å². The lowest BCUT2D eigenvalue weighted by molar-refractivity contribution is -0.121. The second-order valence-corrected chi connectivity index (χ2v) is 7.09. The summed E-state index contributed by atoms with van der Waals surface area (Å²) in [7, 11) is 1.58. The summed E-state index contributed by atoms with van der Waals surface area (Å²) in [5.74, 6) is 0.412. The Morgan fingerprint density at radius 3 is 2.53 bits per heavy atom. The molecule has 0 bridgehead atoms. The molecule has 0 aliphatic carbocycles. The van der Waals surface area contributed by atoms with E-state index in [9.17, 15) is 9.59 Å². The van der Waals surface area contributed by atoms with Crippen LogP contribution in [0.2, 0.25) is 5.02 Å². The minimum Gasteiger partial charge on any atom is -0.497 e. The van der Waals surface area contributed by atoms with E-state index < -0.39 is 0 Å². The van der Waals surface area contributed by atoms with E-state index >= 15 is 0 Å². The van der Waals surface area contributed by atoms with Gasteiger partial charge in [-0.1, -0.05) is 23.7 Å². The van der Waals surface area contributed by atoms with Crippen molar-refractivity contribution >= 4 is 28.7 Å². The minimum atomic E-state index is -0.337. The fraction of sp³-hybridized carbons (Fsp3) is 0.136. The van der Waals surface area contributed by atoms with Gasteiger partial charge in [-0.3, -0.25) is 9.36 Å². The SMILES string of the molecule is COc1ccc(-n2c(=O)n(CC(=O)NCc3ccc(Cl)cc3)c3cccnc32)cc1. The molecule has 0 fully saturated rings. The number of nitrogens with one attached hydrogen (secondary N) is 1. The van der Waals surface area contributed by atoms with Crippen LogP contribution in [0.1, 0.15) is 5.56 Å². The zero-order chi connectivity index (χ0) is 21.1. The molecular weight excluding hydrogens is 404 g/mol. The van der Waals surface area contributed by atoms with Crippen molar-refractivity contribution in [1.82, 2.24) is 19.4 Å². The third-order valence-electron chi connectivity index (χ3n) is 4.73. The smallest absolute Gasteiger partial charge is 0.335 e. The Bertz CT molecular complexity index is 1240. The number of pyridine rings is 1. The molecule has 0 saturated carbocycles. The summed E-state index contributed by atoms with van der Waals surface area (Å²) in [4.78, 5) is 30.0. The summed E-state index contributed by atoms with van der Waals surface area (Å²) in [5, 5.41) is 3.47. The van der Waals surface area contributed by atoms with Crippen molar-refractivity contribution in [2.75, 3.05) is 7.11 Å². The standard InChI is InChI=1S/C22H19ClN4O3/c1-30-18-10-8-17(9-11-18)27-21-19(3-2-12-24-21)26(22(27)29)14-20(28)25-13-15-4-6-16(23)7-5-15/h2-12H,13-14H2,1H3,(H,25,28). The molecule has 2 aromatic heterocycles. The number of hydrogen-bond acceptors (Lipinski definition) is 4. The average molecular weight is 423 g/mol. The molecule has 4 aromatic rings. The normalized spacial score (nSPS) is 10.9. The van der Waals surface area contributed by atoms with E-state index in [1.165, 1.54) is 9.13 Å². The molecule has 152 valence electrons. The van der Waals surface area contributed by atoms with Gasteiger partial charge in [0, 0.05) is 17.8 Å². The maximum absolute atomic E-state index is 13.2. The van der Waals surface area contributed by atoms with Crippen LogP contribution in [0.4, 0.5) is 0 Å². The van der Waals surface area contributed by atoms with Gasteiger partial charge < -0.3 is 10.1 Å². The van der Waals surface area contributed by atoms with Crippen molar-refractivity contribution in [1.29, 1.82) is 0 Å². The zero-order valence-electron chi connectivity index (χ0n) is 16.2. The zero-order valence-corrected chi connectivity index (χ0v) is 17.0. The number of amides is 1. The molecule has 2 aromatic carbocycles. The third kappa shape index (κ3) is 3.92. The van der Waals surface area contributed by atoms with Crippen molar-refractivity contribution in [3.63, 3.8) is 0 Å². The van der Waals surface area contributed by atoms with Gasteiger partial charge in [-0.05, 0) is 54.1 Å². The van der Waals surface area contributed by atoms with Crippen LogP contribution in [0, 0.1) is 0 Å². The van der Waals surface area contributed by atoms with E-state index in [2.05, 4.69) is 10.3 Å². The summed E-state index contributed by atoms with van der Waals surface area (Å²) in [6, 6.07) is 17.8. The van der Waals surface area contributed by atoms with Gasteiger partial charge in [-0.25, -0.2) is 14.3 Å². The van der Waals surface area contributed by atoms with Gasteiger partial charge in [-0.2, -0.15) is 0 Å². The van der Waals surface area contributed by atoms with Crippen LogP contribution in [-0.2, 0) is 17.9 Å². The number of aromatic nitrogens is 3. The number of hydrogen-bond donors (Lipinski definition) is 1. The number of carbonyl (C=O) groups is 1. The first-order valence-corrected chi connectivity index (χ1v) is 9.66. The fourth-order valence-electron chi connectivity index (χ4n) is 3.21. The Morgan fingerprint density at radius 2 is 1.83 bits per heavy atom. The molecule has 0 saturated heterocycles. The van der Waals surface area contributed by atoms with E-state index in [0.717, 1.165) is 5.56 Å². The highest BCUT2D eigenvalue weighted by molar-refractivity contribution is 6.30. The molecule has 0 spiro atoms. The Kier molecular flexibility index (Phi) is 5.54. The molecule has 30 heavy (non-hydrogen) atoms. The minimum absolute atomic E-state index is 0.113. The highest BCUT2D eigenvalue weighted by Gasteiger charge is 2.17. The first-order chi connectivity index (χ1) is 14.6. The number of ether oxygens (including phenoxy) is 1. The van der Waals surface area contributed by atoms with E-state index in [1.54, 1.807) is 61.8 Å². The number of rotatable bonds is 6. The summed E-state index contributed by atoms with van der Waals surface area (Å²) in [6.45, 7) is 0.234. The number of benzene rings is 2. The first-order valence-electron chi connectivity index (χ1n) is 9.28. The lowest BCUT2D eigenvalue weighted by atomic mass is 10.2. The van der Waals surface area contributed by atoms with Gasteiger partial charge in [0.25, 0.3) is 0 Å². The van der Waals surface area contributed by atoms with E-state index in [-0.39, 0.29) is 18.1 Å². The molecule has 8 heteroatoms. The van der Waals surface area contributed by atoms with E-state index in [0.29, 0.717) is 34.2 Å². The predicted molar refractivity (Wildman–Crippen MR) is 115 cm³/mol. The maximum atomic E-state index is 13.2. The van der Waals surface area contributed by atoms with Crippen LogP contribution in [0.25, 0.3) is 16.9 Å². The van der Waals surface area contributed by atoms with Gasteiger partial charge in [0.05, 0.1) is 18.3 Å². The van der Waals surface area contributed by atoms with Gasteiger partial charge in [0.1, 0.15) is 12.3 Å². The third-order valence-corrected chi connectivity index (χ3v) is 4.98. The number of carbonyl (C=O) groups excluding carboxylic acids is 1. The monoisotopic (exact) mass is 422 g/mol. The number of nitrogens with zero attached hydrogens (tertiary/aromatic N) is 3. The predicted octanol–water partition coefficient (Wildman–Crippen LogP) is 3.17. The first kappa shape index (κ1) is 19.7. The largest absolute Gasteiger partial charge is 0.497 e. The molecule has 0 radical (unpaired) electrons. The molecule has 0 aliphatic rings. The van der Waals surface area contributed by atoms with Gasteiger partial charge in [0.2, 0.25) is 5.91 Å². The number of halogens is 1. The van der Waals surface area contributed by atoms with Crippen molar-refractivity contribution in [3.8, 4) is 11.4 Å². The highest BCUT2D eigenvalue weighted by atomic mass is 35.5. The Morgan fingerprint density at radius 1 is 1.10 bits per heavy atom. The fourth-order valence-corrected chi connectivity index (χ4v) is 3.33. The summed E-state index contributed by atoms with van der Waals surface area (Å²) < 4.78 is 8.09. The number of imidazole rings is 1. The van der Waals surface area contributed by atoms with Crippen LogP contribution in [0.15, 0.2) is 71.7 Å². The Balaban J connectivity index is 1.62. The maximum Gasteiger partial charge on any atom is 0.335 e. The lowest BCUT2D eigenvalue weighted by Gasteiger charge is -2.06. The van der Waals surface area contributed by atoms with Crippen molar-refractivity contribution in [3.05, 3.63) is 87.9 Å². The van der Waals surface area contributed by atoms with Crippen molar-refractivity contribution < 1.29 is 9.53 Å². The Labute approximate surface area is 177 Å². The van der Waals surface area contributed by atoms with Crippen molar-refractivity contribution in [2.24, 2.45) is 0 Å². The summed E-state index contributed by atoms with van der Waals surface area (Å²) in [5.41, 5.74) is 2.29. The van der Waals surface area contributed by atoms with Crippen LogP contribution in [0.5, 0.6) is 5.75 Å². The molecular formula is C22H19ClN4O3. The highest BCUT2D eigenvalue weighted by Crippen LogP contribution is 2.18. The summed E-state index contributed by atoms with van der Waals surface area (Å²) in [6.07, 6.45) is 1.62. The molecule has 2 heterocycles. The van der Waals surface area contributed by atoms with Crippen LogP contribution >= 0.6 is 11.6 Å². The van der Waals surface area contributed by atoms with Crippen molar-refractivity contribution in [2.45, 2.75) is 13.1 Å². The van der Waals surface area contributed by atoms with Gasteiger partial charge in [0.15, 0.2) is 5.65 Å². The van der Waals surface area contributed by atoms with Gasteiger partial charge >= 0.3 is 5.69 Å². The average Bonchev–Trinajstić information content (AvgIpc) is 3.05. The molecule has 0 unspecified atom stereocenters. The summed E-state index contributed by atoms with van der Waals surface area (Å²) >= 11 is 5.88. The van der Waals surface area contributed by atoms with Crippen LogP contribution < -0.4 is 15.7 Å². The Hall–Kier alpha value is -3.58. The lowest BCUT2D eigenvalue weighted by Crippen LogP contribution is -2.32.